The summed E-state index contributed by atoms with van der Waals surface area (Å²) in [6, 6.07) is 10.5. The molecule has 3 heteroatoms. The molecule has 96 valence electrons. The van der Waals surface area contributed by atoms with Gasteiger partial charge in [0, 0.05) is 10.9 Å². The van der Waals surface area contributed by atoms with Gasteiger partial charge in [0.1, 0.15) is 5.75 Å². The van der Waals surface area contributed by atoms with Crippen molar-refractivity contribution in [2.45, 2.75) is 25.8 Å². The van der Waals surface area contributed by atoms with Crippen molar-refractivity contribution in [3.8, 4) is 5.75 Å². The van der Waals surface area contributed by atoms with E-state index in [0.717, 1.165) is 18.6 Å². The van der Waals surface area contributed by atoms with Crippen LogP contribution in [0.15, 0.2) is 35.7 Å². The van der Waals surface area contributed by atoms with Crippen molar-refractivity contribution in [3.63, 3.8) is 0 Å². The second kappa shape index (κ2) is 6.03. The molecule has 1 heterocycles. The quantitative estimate of drug-likeness (QED) is 0.890. The maximum atomic E-state index is 6.23. The average Bonchev–Trinajstić information content (AvgIpc) is 2.83. The lowest BCUT2D eigenvalue weighted by molar-refractivity contribution is 0.414. The van der Waals surface area contributed by atoms with Crippen LogP contribution in [0.5, 0.6) is 5.75 Å². The van der Waals surface area contributed by atoms with E-state index in [1.807, 2.05) is 12.1 Å². The molecular formula is C15H19NOS. The fraction of sp³-hybridized carbons (Fsp3) is 0.333. The van der Waals surface area contributed by atoms with Gasteiger partial charge in [-0.15, -0.1) is 11.3 Å². The third-order valence-corrected chi connectivity index (χ3v) is 4.06. The molecule has 0 bridgehead atoms. The molecule has 0 aliphatic heterocycles. The first-order valence-electron chi connectivity index (χ1n) is 6.13. The third-order valence-electron chi connectivity index (χ3n) is 3.20. The lowest BCUT2D eigenvalue weighted by Gasteiger charge is -2.11. The Balaban J connectivity index is 1.93. The number of hydrogen-bond donors (Lipinski definition) is 1. The Hall–Kier alpha value is -1.32. The van der Waals surface area contributed by atoms with Crippen molar-refractivity contribution in [2.75, 3.05) is 7.11 Å². The number of thiophene rings is 1. The van der Waals surface area contributed by atoms with E-state index in [1.165, 1.54) is 16.0 Å². The highest BCUT2D eigenvalue weighted by atomic mass is 32.1. The molecule has 0 saturated carbocycles. The molecule has 0 fully saturated rings. The molecular weight excluding hydrogens is 242 g/mol. The van der Waals surface area contributed by atoms with Crippen LogP contribution in [0.25, 0.3) is 0 Å². The summed E-state index contributed by atoms with van der Waals surface area (Å²) in [6.45, 7) is 2.13. The normalized spacial score (nSPS) is 12.4. The van der Waals surface area contributed by atoms with Crippen molar-refractivity contribution in [3.05, 3.63) is 51.7 Å². The van der Waals surface area contributed by atoms with Gasteiger partial charge in [-0.2, -0.15) is 0 Å². The Morgan fingerprint density at radius 2 is 1.94 bits per heavy atom. The van der Waals surface area contributed by atoms with Crippen LogP contribution in [-0.4, -0.2) is 7.11 Å². The molecule has 2 N–H and O–H groups in total. The van der Waals surface area contributed by atoms with Gasteiger partial charge in [-0.05, 0) is 54.5 Å². The van der Waals surface area contributed by atoms with E-state index < -0.39 is 0 Å². The second-order valence-corrected chi connectivity index (χ2v) is 5.55. The molecule has 0 aliphatic rings. The number of nitrogens with two attached hydrogens (primary N) is 1. The van der Waals surface area contributed by atoms with Gasteiger partial charge in [-0.3, -0.25) is 0 Å². The van der Waals surface area contributed by atoms with Gasteiger partial charge in [0.15, 0.2) is 0 Å². The Labute approximate surface area is 112 Å². The van der Waals surface area contributed by atoms with Crippen molar-refractivity contribution in [1.82, 2.24) is 0 Å². The van der Waals surface area contributed by atoms with Crippen LogP contribution in [0, 0.1) is 6.92 Å². The predicted octanol–water partition coefficient (Wildman–Crippen LogP) is 3.70. The number of aryl methyl sites for hydroxylation is 2. The Bertz CT molecular complexity index is 489. The molecule has 0 spiro atoms. The first-order valence-corrected chi connectivity index (χ1v) is 7.01. The summed E-state index contributed by atoms with van der Waals surface area (Å²) < 4.78 is 5.15. The van der Waals surface area contributed by atoms with Crippen molar-refractivity contribution in [1.29, 1.82) is 0 Å². The van der Waals surface area contributed by atoms with E-state index in [2.05, 4.69) is 30.5 Å². The highest BCUT2D eigenvalue weighted by Gasteiger charge is 2.09. The third kappa shape index (κ3) is 3.12. The smallest absolute Gasteiger partial charge is 0.118 e. The maximum absolute atomic E-state index is 6.23. The van der Waals surface area contributed by atoms with Crippen molar-refractivity contribution < 1.29 is 4.74 Å². The van der Waals surface area contributed by atoms with Gasteiger partial charge in [0.05, 0.1) is 7.11 Å². The number of methoxy groups -OCH3 is 1. The zero-order valence-electron chi connectivity index (χ0n) is 10.8. The summed E-state index contributed by atoms with van der Waals surface area (Å²) in [7, 11) is 1.68. The van der Waals surface area contributed by atoms with Crippen LogP contribution in [0.1, 0.15) is 28.5 Å². The molecule has 2 aromatic rings. The highest BCUT2D eigenvalue weighted by Crippen LogP contribution is 2.24. The summed E-state index contributed by atoms with van der Waals surface area (Å²) >= 11 is 1.76. The zero-order chi connectivity index (χ0) is 13.0. The molecule has 0 radical (unpaired) electrons. The standard InChI is InChI=1S/C15H19NOS/c1-11-14(9-10-18-11)15(16)8-5-12-3-6-13(17-2)7-4-12/h3-4,6-7,9-10,15H,5,8,16H2,1-2H3. The Morgan fingerprint density at radius 3 is 2.50 bits per heavy atom. The summed E-state index contributed by atoms with van der Waals surface area (Å²) in [6.07, 6.45) is 1.98. The van der Waals surface area contributed by atoms with Crippen LogP contribution < -0.4 is 10.5 Å². The molecule has 0 amide bonds. The second-order valence-electron chi connectivity index (χ2n) is 4.43. The molecule has 1 atom stereocenters. The number of hydrogen-bond acceptors (Lipinski definition) is 3. The molecule has 2 nitrogen and oxygen atoms in total. The van der Waals surface area contributed by atoms with E-state index in [1.54, 1.807) is 18.4 Å². The van der Waals surface area contributed by atoms with Gasteiger partial charge in [-0.25, -0.2) is 0 Å². The van der Waals surface area contributed by atoms with Gasteiger partial charge < -0.3 is 10.5 Å². The maximum Gasteiger partial charge on any atom is 0.118 e. The molecule has 0 saturated heterocycles. The molecule has 1 unspecified atom stereocenters. The highest BCUT2D eigenvalue weighted by molar-refractivity contribution is 7.10. The summed E-state index contributed by atoms with van der Waals surface area (Å²) in [5.74, 6) is 0.900. The van der Waals surface area contributed by atoms with E-state index in [9.17, 15) is 0 Å². The van der Waals surface area contributed by atoms with Crippen LogP contribution in [0.2, 0.25) is 0 Å². The van der Waals surface area contributed by atoms with E-state index in [-0.39, 0.29) is 6.04 Å². The summed E-state index contributed by atoms with van der Waals surface area (Å²) in [5.41, 5.74) is 8.82. The Kier molecular flexibility index (Phi) is 4.39. The Morgan fingerprint density at radius 1 is 1.22 bits per heavy atom. The SMILES string of the molecule is COc1ccc(CCC(N)c2ccsc2C)cc1. The van der Waals surface area contributed by atoms with Crippen molar-refractivity contribution in [2.24, 2.45) is 5.73 Å². The fourth-order valence-electron chi connectivity index (χ4n) is 2.05. The minimum atomic E-state index is 0.137. The van der Waals surface area contributed by atoms with Crippen molar-refractivity contribution >= 4 is 11.3 Å². The number of ether oxygens (including phenoxy) is 1. The molecule has 1 aromatic carbocycles. The topological polar surface area (TPSA) is 35.2 Å². The molecule has 1 aromatic heterocycles. The van der Waals surface area contributed by atoms with Gasteiger partial charge >= 0.3 is 0 Å². The van der Waals surface area contributed by atoms with Crippen LogP contribution in [0.4, 0.5) is 0 Å². The lowest BCUT2D eigenvalue weighted by atomic mass is 10.0. The predicted molar refractivity (Wildman–Crippen MR) is 77.3 cm³/mol. The fourth-order valence-corrected chi connectivity index (χ4v) is 2.82. The van der Waals surface area contributed by atoms with Crippen LogP contribution in [-0.2, 0) is 6.42 Å². The minimum Gasteiger partial charge on any atom is -0.497 e. The average molecular weight is 261 g/mol. The van der Waals surface area contributed by atoms with E-state index in [4.69, 9.17) is 10.5 Å². The first kappa shape index (κ1) is 13.1. The van der Waals surface area contributed by atoms with E-state index >= 15 is 0 Å². The largest absolute Gasteiger partial charge is 0.497 e. The van der Waals surface area contributed by atoms with E-state index in [0.29, 0.717) is 0 Å². The molecule has 18 heavy (non-hydrogen) atoms. The number of rotatable bonds is 5. The van der Waals surface area contributed by atoms with Gasteiger partial charge in [-0.1, -0.05) is 12.1 Å². The summed E-state index contributed by atoms with van der Waals surface area (Å²) in [4.78, 5) is 1.33. The molecule has 2 rings (SSSR count). The lowest BCUT2D eigenvalue weighted by Crippen LogP contribution is -2.11. The zero-order valence-corrected chi connectivity index (χ0v) is 11.7. The number of benzene rings is 1. The first-order chi connectivity index (χ1) is 8.70. The van der Waals surface area contributed by atoms with Crippen LogP contribution >= 0.6 is 11.3 Å². The van der Waals surface area contributed by atoms with Gasteiger partial charge in [0.25, 0.3) is 0 Å². The minimum absolute atomic E-state index is 0.137. The molecule has 0 aliphatic carbocycles. The van der Waals surface area contributed by atoms with Crippen LogP contribution in [0.3, 0.4) is 0 Å². The monoisotopic (exact) mass is 261 g/mol. The van der Waals surface area contributed by atoms with Gasteiger partial charge in [0.2, 0.25) is 0 Å². The summed E-state index contributed by atoms with van der Waals surface area (Å²) in [5, 5.41) is 2.11.